The zero-order valence-electron chi connectivity index (χ0n) is 11.9. The first-order chi connectivity index (χ1) is 10.0. The van der Waals surface area contributed by atoms with Crippen LogP contribution in [0.15, 0.2) is 54.6 Å². The molecule has 21 heavy (non-hydrogen) atoms. The van der Waals surface area contributed by atoms with Crippen molar-refractivity contribution in [2.75, 3.05) is 0 Å². The van der Waals surface area contributed by atoms with E-state index in [2.05, 4.69) is 0 Å². The summed E-state index contributed by atoms with van der Waals surface area (Å²) in [6.07, 6.45) is 0.407. The second kappa shape index (κ2) is 6.74. The highest BCUT2D eigenvalue weighted by Crippen LogP contribution is 2.32. The Bertz CT molecular complexity index is 684. The lowest BCUT2D eigenvalue weighted by atomic mass is 10.1. The number of primary sulfonamides is 1. The van der Waals surface area contributed by atoms with E-state index in [-0.39, 0.29) is 0 Å². The van der Waals surface area contributed by atoms with E-state index in [1.807, 2.05) is 36.4 Å². The van der Waals surface area contributed by atoms with Crippen LogP contribution in [0, 0.1) is 0 Å². The van der Waals surface area contributed by atoms with Crippen molar-refractivity contribution in [3.63, 3.8) is 0 Å². The van der Waals surface area contributed by atoms with Gasteiger partial charge in [0, 0.05) is 5.56 Å². The standard InChI is InChI=1S/C16H19NO3S/c1-2-16(21(17,18)19)14-10-6-7-11-15(14)20-12-13-8-4-3-5-9-13/h3-11,16H,2,12H2,1H3,(H2,17,18,19). The lowest BCUT2D eigenvalue weighted by molar-refractivity contribution is 0.302. The number of hydrogen-bond donors (Lipinski definition) is 1. The molecule has 0 amide bonds. The van der Waals surface area contributed by atoms with Gasteiger partial charge in [0.15, 0.2) is 0 Å². The van der Waals surface area contributed by atoms with Crippen LogP contribution in [0.25, 0.3) is 0 Å². The van der Waals surface area contributed by atoms with E-state index in [0.29, 0.717) is 24.3 Å². The number of rotatable bonds is 6. The molecule has 1 unspecified atom stereocenters. The number of sulfonamides is 1. The summed E-state index contributed by atoms with van der Waals surface area (Å²) in [5, 5.41) is 4.57. The van der Waals surface area contributed by atoms with Crippen molar-refractivity contribution in [3.05, 3.63) is 65.7 Å². The van der Waals surface area contributed by atoms with Gasteiger partial charge in [-0.25, -0.2) is 13.6 Å². The van der Waals surface area contributed by atoms with Gasteiger partial charge in [0.05, 0.1) is 0 Å². The fraction of sp³-hybridized carbons (Fsp3) is 0.250. The Morgan fingerprint density at radius 1 is 1.05 bits per heavy atom. The first-order valence-corrected chi connectivity index (χ1v) is 8.40. The van der Waals surface area contributed by atoms with Crippen molar-refractivity contribution in [1.29, 1.82) is 0 Å². The SMILES string of the molecule is CCC(c1ccccc1OCc1ccccc1)S(N)(=O)=O. The van der Waals surface area contributed by atoms with Crippen LogP contribution in [-0.4, -0.2) is 8.42 Å². The zero-order valence-corrected chi connectivity index (χ0v) is 12.7. The number of para-hydroxylation sites is 1. The molecule has 0 bridgehead atoms. The number of benzene rings is 2. The summed E-state index contributed by atoms with van der Waals surface area (Å²) >= 11 is 0. The molecule has 1 atom stereocenters. The van der Waals surface area contributed by atoms with Gasteiger partial charge in [-0.15, -0.1) is 0 Å². The number of nitrogens with two attached hydrogens (primary N) is 1. The van der Waals surface area contributed by atoms with Gasteiger partial charge in [-0.1, -0.05) is 55.5 Å². The summed E-state index contributed by atoms with van der Waals surface area (Å²) in [6, 6.07) is 16.8. The van der Waals surface area contributed by atoms with Crippen LogP contribution in [-0.2, 0) is 16.6 Å². The summed E-state index contributed by atoms with van der Waals surface area (Å²) in [6.45, 7) is 2.18. The van der Waals surface area contributed by atoms with Gasteiger partial charge in [0.1, 0.15) is 17.6 Å². The minimum Gasteiger partial charge on any atom is -0.489 e. The second-order valence-corrected chi connectivity index (χ2v) is 6.55. The lowest BCUT2D eigenvalue weighted by Gasteiger charge is -2.17. The first kappa shape index (κ1) is 15.5. The van der Waals surface area contributed by atoms with Crippen LogP contribution >= 0.6 is 0 Å². The van der Waals surface area contributed by atoms with Crippen molar-refractivity contribution >= 4 is 10.0 Å². The predicted molar refractivity (Wildman–Crippen MR) is 83.4 cm³/mol. The zero-order chi connectivity index (χ0) is 15.3. The van der Waals surface area contributed by atoms with E-state index >= 15 is 0 Å². The minimum atomic E-state index is -3.65. The molecule has 5 heteroatoms. The molecule has 2 N–H and O–H groups in total. The molecule has 0 saturated heterocycles. The molecular weight excluding hydrogens is 286 g/mol. The molecule has 2 aromatic carbocycles. The van der Waals surface area contributed by atoms with E-state index in [4.69, 9.17) is 9.88 Å². The molecule has 112 valence electrons. The third-order valence-electron chi connectivity index (χ3n) is 3.27. The predicted octanol–water partition coefficient (Wildman–Crippen LogP) is 3.01. The fourth-order valence-corrected chi connectivity index (χ4v) is 3.26. The molecule has 0 saturated carbocycles. The lowest BCUT2D eigenvalue weighted by Crippen LogP contribution is -2.21. The smallest absolute Gasteiger partial charge is 0.216 e. The highest BCUT2D eigenvalue weighted by atomic mass is 32.2. The third kappa shape index (κ3) is 4.06. The van der Waals surface area contributed by atoms with Crippen LogP contribution < -0.4 is 9.88 Å². The van der Waals surface area contributed by atoms with Crippen LogP contribution in [0.1, 0.15) is 29.7 Å². The summed E-state index contributed by atoms with van der Waals surface area (Å²) in [5.41, 5.74) is 1.63. The molecule has 0 heterocycles. The second-order valence-electron chi connectivity index (χ2n) is 4.80. The molecule has 0 spiro atoms. The molecule has 0 aromatic heterocycles. The van der Waals surface area contributed by atoms with Gasteiger partial charge in [-0.3, -0.25) is 0 Å². The van der Waals surface area contributed by atoms with Gasteiger partial charge in [0.2, 0.25) is 10.0 Å². The first-order valence-electron chi connectivity index (χ1n) is 6.79. The monoisotopic (exact) mass is 305 g/mol. The van der Waals surface area contributed by atoms with Crippen molar-refractivity contribution in [2.24, 2.45) is 5.14 Å². The Morgan fingerprint density at radius 2 is 1.67 bits per heavy atom. The number of ether oxygens (including phenoxy) is 1. The normalized spacial score (nSPS) is 12.9. The summed E-state index contributed by atoms with van der Waals surface area (Å²) in [7, 11) is -3.65. The largest absolute Gasteiger partial charge is 0.489 e. The molecule has 0 aliphatic carbocycles. The van der Waals surface area contributed by atoms with Gasteiger partial charge in [-0.05, 0) is 18.1 Å². The maximum Gasteiger partial charge on any atom is 0.216 e. The summed E-state index contributed by atoms with van der Waals surface area (Å²) < 4.78 is 29.2. The number of hydrogen-bond acceptors (Lipinski definition) is 3. The Morgan fingerprint density at radius 3 is 2.29 bits per heavy atom. The Kier molecular flexibility index (Phi) is 4.98. The topological polar surface area (TPSA) is 69.4 Å². The van der Waals surface area contributed by atoms with Gasteiger partial charge < -0.3 is 4.74 Å². The molecule has 0 aliphatic rings. The van der Waals surface area contributed by atoms with Crippen LogP contribution in [0.5, 0.6) is 5.75 Å². The third-order valence-corrected chi connectivity index (χ3v) is 4.65. The quantitative estimate of drug-likeness (QED) is 0.892. The molecule has 0 radical (unpaired) electrons. The van der Waals surface area contributed by atoms with Crippen molar-refractivity contribution < 1.29 is 13.2 Å². The fourth-order valence-electron chi connectivity index (χ4n) is 2.24. The van der Waals surface area contributed by atoms with E-state index < -0.39 is 15.3 Å². The van der Waals surface area contributed by atoms with Crippen LogP contribution in [0.2, 0.25) is 0 Å². The maximum absolute atomic E-state index is 11.7. The van der Waals surface area contributed by atoms with Crippen molar-refractivity contribution in [3.8, 4) is 5.75 Å². The molecule has 4 nitrogen and oxygen atoms in total. The Labute approximate surface area is 125 Å². The van der Waals surface area contributed by atoms with Crippen LogP contribution in [0.3, 0.4) is 0 Å². The van der Waals surface area contributed by atoms with E-state index in [1.54, 1.807) is 25.1 Å². The van der Waals surface area contributed by atoms with Gasteiger partial charge in [0.25, 0.3) is 0 Å². The summed E-state index contributed by atoms with van der Waals surface area (Å²) in [5.74, 6) is 0.558. The van der Waals surface area contributed by atoms with Gasteiger partial charge in [-0.2, -0.15) is 0 Å². The molecule has 0 fully saturated rings. The highest BCUT2D eigenvalue weighted by Gasteiger charge is 2.24. The van der Waals surface area contributed by atoms with Crippen molar-refractivity contribution in [1.82, 2.24) is 0 Å². The summed E-state index contributed by atoms with van der Waals surface area (Å²) in [4.78, 5) is 0. The Hall–Kier alpha value is -1.85. The van der Waals surface area contributed by atoms with Crippen LogP contribution in [0.4, 0.5) is 0 Å². The van der Waals surface area contributed by atoms with Gasteiger partial charge >= 0.3 is 0 Å². The van der Waals surface area contributed by atoms with E-state index in [9.17, 15) is 8.42 Å². The maximum atomic E-state index is 11.7. The molecule has 2 rings (SSSR count). The average molecular weight is 305 g/mol. The molecule has 2 aromatic rings. The van der Waals surface area contributed by atoms with E-state index in [0.717, 1.165) is 5.56 Å². The Balaban J connectivity index is 2.25. The average Bonchev–Trinajstić information content (AvgIpc) is 2.46. The van der Waals surface area contributed by atoms with Crippen molar-refractivity contribution in [2.45, 2.75) is 25.2 Å². The minimum absolute atomic E-state index is 0.388. The highest BCUT2D eigenvalue weighted by molar-refractivity contribution is 7.89. The molecule has 0 aliphatic heterocycles. The molecular formula is C16H19NO3S. The van der Waals surface area contributed by atoms with E-state index in [1.165, 1.54) is 0 Å².